The van der Waals surface area contributed by atoms with Gasteiger partial charge in [0.15, 0.2) is 4.90 Å². The molecule has 0 bridgehead atoms. The third kappa shape index (κ3) is 5.99. The fraction of sp³-hybridized carbons (Fsp3) is 0.579. The highest BCUT2D eigenvalue weighted by Crippen LogP contribution is 2.26. The van der Waals surface area contributed by atoms with Crippen molar-refractivity contribution >= 4 is 27.6 Å². The van der Waals surface area contributed by atoms with Crippen molar-refractivity contribution in [3.8, 4) is 0 Å². The Balaban J connectivity index is 1.49. The van der Waals surface area contributed by atoms with Crippen molar-refractivity contribution in [1.29, 1.82) is 0 Å². The summed E-state index contributed by atoms with van der Waals surface area (Å²) in [6, 6.07) is 4.83. The Bertz CT molecular complexity index is 923. The molecule has 1 saturated heterocycles. The molecule has 0 radical (unpaired) electrons. The van der Waals surface area contributed by atoms with E-state index in [1.165, 1.54) is 22.5 Å². The number of urea groups is 1. The van der Waals surface area contributed by atoms with Crippen LogP contribution < -0.4 is 10.6 Å². The van der Waals surface area contributed by atoms with Gasteiger partial charge in [-0.25, -0.2) is 13.2 Å². The van der Waals surface area contributed by atoms with Gasteiger partial charge in [-0.2, -0.15) is 4.31 Å². The molecule has 31 heavy (non-hydrogen) atoms. The van der Waals surface area contributed by atoms with Crippen LogP contribution in [0.4, 0.5) is 10.5 Å². The average Bonchev–Trinajstić information content (AvgIpc) is 2.74. The monoisotopic (exact) mass is 453 g/mol. The third-order valence-corrected chi connectivity index (χ3v) is 7.52. The topological polar surface area (TPSA) is 142 Å². The van der Waals surface area contributed by atoms with E-state index >= 15 is 0 Å². The second-order valence-corrected chi connectivity index (χ2v) is 9.67. The summed E-state index contributed by atoms with van der Waals surface area (Å²) in [6.45, 7) is 0.707. The molecule has 1 aliphatic heterocycles. The van der Waals surface area contributed by atoms with Crippen molar-refractivity contribution in [2.75, 3.05) is 32.7 Å². The van der Waals surface area contributed by atoms with Crippen LogP contribution in [0.15, 0.2) is 29.2 Å². The van der Waals surface area contributed by atoms with E-state index in [1.54, 1.807) is 4.90 Å². The van der Waals surface area contributed by atoms with Crippen LogP contribution in [0, 0.1) is 10.1 Å². The maximum Gasteiger partial charge on any atom is 0.321 e. The quantitative estimate of drug-likeness (QED) is 0.484. The number of nitro groups is 1. The highest BCUT2D eigenvalue weighted by molar-refractivity contribution is 7.89. The van der Waals surface area contributed by atoms with Crippen molar-refractivity contribution in [3.05, 3.63) is 34.4 Å². The zero-order valence-corrected chi connectivity index (χ0v) is 18.0. The molecule has 1 aromatic rings. The van der Waals surface area contributed by atoms with Gasteiger partial charge in [-0.3, -0.25) is 25.1 Å². The Morgan fingerprint density at radius 3 is 2.35 bits per heavy atom. The highest BCUT2D eigenvalue weighted by atomic mass is 32.2. The molecule has 12 heteroatoms. The summed E-state index contributed by atoms with van der Waals surface area (Å²) in [6.07, 6.45) is 5.13. The van der Waals surface area contributed by atoms with Gasteiger partial charge in [-0.05, 0) is 18.9 Å². The first kappa shape index (κ1) is 23.1. The summed E-state index contributed by atoms with van der Waals surface area (Å²) in [4.78, 5) is 36.0. The number of sulfonamides is 1. The van der Waals surface area contributed by atoms with E-state index in [9.17, 15) is 28.1 Å². The minimum absolute atomic E-state index is 0.0303. The van der Waals surface area contributed by atoms with E-state index in [-0.39, 0.29) is 43.7 Å². The number of nitrogens with one attached hydrogen (secondary N) is 2. The van der Waals surface area contributed by atoms with E-state index in [4.69, 9.17) is 0 Å². The fourth-order valence-corrected chi connectivity index (χ4v) is 5.51. The maximum atomic E-state index is 12.8. The number of piperazine rings is 1. The molecule has 1 saturated carbocycles. The van der Waals surface area contributed by atoms with Crippen molar-refractivity contribution < 1.29 is 22.9 Å². The predicted octanol–water partition coefficient (Wildman–Crippen LogP) is 1.06. The first-order valence-corrected chi connectivity index (χ1v) is 11.8. The number of benzene rings is 1. The van der Waals surface area contributed by atoms with Gasteiger partial charge in [-0.1, -0.05) is 31.4 Å². The van der Waals surface area contributed by atoms with Crippen LogP contribution in [0.3, 0.4) is 0 Å². The molecular weight excluding hydrogens is 426 g/mol. The van der Waals surface area contributed by atoms with E-state index in [0.29, 0.717) is 0 Å². The minimum Gasteiger partial charge on any atom is -0.335 e. The van der Waals surface area contributed by atoms with Crippen molar-refractivity contribution in [2.45, 2.75) is 43.0 Å². The normalized spacial score (nSPS) is 19.0. The maximum absolute atomic E-state index is 12.8. The Labute approximate surface area is 181 Å². The van der Waals surface area contributed by atoms with Gasteiger partial charge in [0.25, 0.3) is 5.69 Å². The van der Waals surface area contributed by atoms with Crippen LogP contribution >= 0.6 is 0 Å². The van der Waals surface area contributed by atoms with Crippen LogP contribution in [0.25, 0.3) is 0 Å². The summed E-state index contributed by atoms with van der Waals surface area (Å²) < 4.78 is 26.9. The zero-order valence-electron chi connectivity index (χ0n) is 17.2. The number of imide groups is 1. The molecule has 3 rings (SSSR count). The first-order valence-electron chi connectivity index (χ1n) is 10.3. The molecule has 0 spiro atoms. The molecule has 1 aliphatic carbocycles. The van der Waals surface area contributed by atoms with E-state index in [1.807, 2.05) is 0 Å². The number of rotatable bonds is 6. The minimum atomic E-state index is -4.02. The second-order valence-electron chi connectivity index (χ2n) is 7.76. The number of nitrogens with zero attached hydrogens (tertiary/aromatic N) is 3. The van der Waals surface area contributed by atoms with Gasteiger partial charge >= 0.3 is 6.03 Å². The summed E-state index contributed by atoms with van der Waals surface area (Å²) in [5.41, 5.74) is -0.465. The molecule has 0 atom stereocenters. The van der Waals surface area contributed by atoms with E-state index < -0.39 is 32.6 Å². The number of carbonyl (C=O) groups excluding carboxylic acids is 2. The Morgan fingerprint density at radius 1 is 1.06 bits per heavy atom. The average molecular weight is 454 g/mol. The molecule has 3 amide bonds. The highest BCUT2D eigenvalue weighted by Gasteiger charge is 2.33. The SMILES string of the molecule is O=C(CN1CCN(S(=O)(=O)c2ccccc2[N+](=O)[O-])CC1)NC(=O)NC1CCCCC1. The first-order chi connectivity index (χ1) is 14.8. The van der Waals surface area contributed by atoms with Crippen LogP contribution in [-0.4, -0.2) is 73.3 Å². The lowest BCUT2D eigenvalue weighted by Crippen LogP contribution is -2.53. The predicted molar refractivity (Wildman–Crippen MR) is 112 cm³/mol. The number of amides is 3. The van der Waals surface area contributed by atoms with Crippen molar-refractivity contribution in [3.63, 3.8) is 0 Å². The van der Waals surface area contributed by atoms with Gasteiger partial charge in [0.05, 0.1) is 11.5 Å². The van der Waals surface area contributed by atoms with Gasteiger partial charge in [-0.15, -0.1) is 0 Å². The lowest BCUT2D eigenvalue weighted by molar-refractivity contribution is -0.387. The van der Waals surface area contributed by atoms with Crippen molar-refractivity contribution in [2.24, 2.45) is 0 Å². The number of carbonyl (C=O) groups is 2. The summed E-state index contributed by atoms with van der Waals surface area (Å²) in [7, 11) is -4.02. The standard InChI is InChI=1S/C19H27N5O6S/c25-18(21-19(26)20-15-6-2-1-3-7-15)14-22-10-12-23(13-11-22)31(29,30)17-9-5-4-8-16(17)24(27)28/h4-5,8-9,15H,1-3,6-7,10-14H2,(H2,20,21,25,26). The summed E-state index contributed by atoms with van der Waals surface area (Å²) in [5.74, 6) is -0.455. The van der Waals surface area contributed by atoms with E-state index in [2.05, 4.69) is 10.6 Å². The molecule has 170 valence electrons. The number of hydrogen-bond acceptors (Lipinski definition) is 7. The molecule has 2 aliphatic rings. The summed E-state index contributed by atoms with van der Waals surface area (Å²) >= 11 is 0. The molecule has 0 aromatic heterocycles. The second kappa shape index (κ2) is 10.2. The van der Waals surface area contributed by atoms with Gasteiger partial charge in [0, 0.05) is 38.3 Å². The molecule has 0 unspecified atom stereocenters. The molecule has 11 nitrogen and oxygen atoms in total. The Hall–Kier alpha value is -2.57. The van der Waals surface area contributed by atoms with Crippen molar-refractivity contribution in [1.82, 2.24) is 19.8 Å². The number of nitro benzene ring substituents is 1. The molecule has 1 heterocycles. The van der Waals surface area contributed by atoms with Crippen LogP contribution in [0.5, 0.6) is 0 Å². The molecular formula is C19H27N5O6S. The van der Waals surface area contributed by atoms with Crippen LogP contribution in [0.2, 0.25) is 0 Å². The summed E-state index contributed by atoms with van der Waals surface area (Å²) in [5, 5.41) is 16.3. The molecule has 1 aromatic carbocycles. The van der Waals surface area contributed by atoms with Gasteiger partial charge < -0.3 is 5.32 Å². The zero-order chi connectivity index (χ0) is 22.4. The number of para-hydroxylation sites is 1. The van der Waals surface area contributed by atoms with Crippen LogP contribution in [0.1, 0.15) is 32.1 Å². The van der Waals surface area contributed by atoms with E-state index in [0.717, 1.165) is 38.2 Å². The number of hydrogen-bond donors (Lipinski definition) is 2. The largest absolute Gasteiger partial charge is 0.335 e. The van der Waals surface area contributed by atoms with Gasteiger partial charge in [0.2, 0.25) is 15.9 Å². The lowest BCUT2D eigenvalue weighted by Gasteiger charge is -2.33. The van der Waals surface area contributed by atoms with Gasteiger partial charge in [0.1, 0.15) is 0 Å². The molecule has 2 fully saturated rings. The lowest BCUT2D eigenvalue weighted by atomic mass is 9.96. The molecule has 2 N–H and O–H groups in total. The Kier molecular flexibility index (Phi) is 7.57. The smallest absolute Gasteiger partial charge is 0.321 e. The Morgan fingerprint density at radius 2 is 1.71 bits per heavy atom. The fourth-order valence-electron chi connectivity index (χ4n) is 3.93. The third-order valence-electron chi connectivity index (χ3n) is 5.57. The van der Waals surface area contributed by atoms with Crippen LogP contribution in [-0.2, 0) is 14.8 Å².